The van der Waals surface area contributed by atoms with Crippen molar-refractivity contribution in [3.8, 4) is 0 Å². The van der Waals surface area contributed by atoms with E-state index in [1.54, 1.807) is 35.4 Å². The maximum atomic E-state index is 12.5. The minimum atomic E-state index is -0.0843. The molecule has 2 aromatic rings. The SMILES string of the molecule is O=C(c1cc(Cl)cc(Cl)c1)N1CCN(c2cccc[n+]2O)CC1. The third kappa shape index (κ3) is 3.51. The quantitative estimate of drug-likeness (QED) is 0.667. The van der Waals surface area contributed by atoms with Crippen LogP contribution in [0.25, 0.3) is 0 Å². The molecule has 0 radical (unpaired) electrons. The first-order chi connectivity index (χ1) is 11.0. The zero-order chi connectivity index (χ0) is 16.4. The molecular weight excluding hydrogens is 337 g/mol. The Balaban J connectivity index is 1.69. The van der Waals surface area contributed by atoms with Gasteiger partial charge in [-0.1, -0.05) is 34.0 Å². The summed E-state index contributed by atoms with van der Waals surface area (Å²) < 4.78 is 1.09. The molecule has 1 aromatic heterocycles. The average molecular weight is 353 g/mol. The van der Waals surface area contributed by atoms with Crippen LogP contribution in [0.1, 0.15) is 10.4 Å². The molecule has 1 aromatic carbocycles. The van der Waals surface area contributed by atoms with E-state index in [2.05, 4.69) is 0 Å². The van der Waals surface area contributed by atoms with Crippen molar-refractivity contribution in [3.63, 3.8) is 0 Å². The van der Waals surface area contributed by atoms with Crippen molar-refractivity contribution >= 4 is 34.9 Å². The molecule has 1 aliphatic rings. The topological polar surface area (TPSA) is 47.7 Å². The molecule has 0 atom stereocenters. The van der Waals surface area contributed by atoms with Gasteiger partial charge in [0, 0.05) is 21.7 Å². The number of carbonyl (C=O) groups is 1. The van der Waals surface area contributed by atoms with Gasteiger partial charge in [-0.3, -0.25) is 9.69 Å². The monoisotopic (exact) mass is 352 g/mol. The van der Waals surface area contributed by atoms with Gasteiger partial charge in [-0.15, -0.1) is 0 Å². The number of aromatic nitrogens is 1. The van der Waals surface area contributed by atoms with Crippen LogP contribution in [-0.4, -0.2) is 42.2 Å². The Morgan fingerprint density at radius 2 is 1.70 bits per heavy atom. The van der Waals surface area contributed by atoms with E-state index in [4.69, 9.17) is 23.2 Å². The van der Waals surface area contributed by atoms with E-state index >= 15 is 0 Å². The van der Waals surface area contributed by atoms with Crippen LogP contribution in [-0.2, 0) is 0 Å². The first-order valence-electron chi connectivity index (χ1n) is 7.25. The van der Waals surface area contributed by atoms with E-state index in [9.17, 15) is 10.0 Å². The van der Waals surface area contributed by atoms with Crippen molar-refractivity contribution in [2.75, 3.05) is 31.1 Å². The van der Waals surface area contributed by atoms with E-state index in [0.29, 0.717) is 47.6 Å². The number of nitrogens with zero attached hydrogens (tertiary/aromatic N) is 3. The van der Waals surface area contributed by atoms with Crippen molar-refractivity contribution in [1.29, 1.82) is 0 Å². The van der Waals surface area contributed by atoms with E-state index in [1.165, 1.54) is 0 Å². The highest BCUT2D eigenvalue weighted by Gasteiger charge is 2.28. The van der Waals surface area contributed by atoms with Gasteiger partial charge in [-0.25, -0.2) is 0 Å². The number of amides is 1. The van der Waals surface area contributed by atoms with Crippen LogP contribution in [0.15, 0.2) is 42.6 Å². The van der Waals surface area contributed by atoms with Gasteiger partial charge < -0.3 is 10.1 Å². The van der Waals surface area contributed by atoms with Gasteiger partial charge in [0.1, 0.15) is 19.3 Å². The maximum Gasteiger partial charge on any atom is 0.316 e. The molecule has 5 nitrogen and oxygen atoms in total. The van der Waals surface area contributed by atoms with Crippen LogP contribution in [0.2, 0.25) is 10.0 Å². The number of anilines is 1. The Morgan fingerprint density at radius 1 is 1.04 bits per heavy atom. The largest absolute Gasteiger partial charge is 0.350 e. The fourth-order valence-corrected chi connectivity index (χ4v) is 3.20. The molecule has 1 N–H and O–H groups in total. The molecule has 0 unspecified atom stereocenters. The third-order valence-corrected chi connectivity index (χ3v) is 4.26. The lowest BCUT2D eigenvalue weighted by atomic mass is 10.2. The lowest BCUT2D eigenvalue weighted by molar-refractivity contribution is -0.894. The molecule has 1 amide bonds. The predicted octanol–water partition coefficient (Wildman–Crippen LogP) is 2.48. The van der Waals surface area contributed by atoms with E-state index < -0.39 is 0 Å². The predicted molar refractivity (Wildman–Crippen MR) is 88.4 cm³/mol. The second-order valence-corrected chi connectivity index (χ2v) is 6.21. The summed E-state index contributed by atoms with van der Waals surface area (Å²) in [7, 11) is 0. The maximum absolute atomic E-state index is 12.5. The van der Waals surface area contributed by atoms with Gasteiger partial charge in [0.25, 0.3) is 5.91 Å². The molecule has 0 aliphatic carbocycles. The molecule has 3 rings (SSSR count). The summed E-state index contributed by atoms with van der Waals surface area (Å²) in [5.74, 6) is 0.629. The summed E-state index contributed by atoms with van der Waals surface area (Å²) in [6, 6.07) is 10.3. The second kappa shape index (κ2) is 6.64. The first kappa shape index (κ1) is 15.9. The van der Waals surface area contributed by atoms with E-state index in [0.717, 1.165) is 4.73 Å². The molecular formula is C16H16Cl2N3O2+. The number of pyridine rings is 1. The molecule has 1 saturated heterocycles. The number of rotatable bonds is 2. The van der Waals surface area contributed by atoms with E-state index in [1.807, 2.05) is 17.0 Å². The number of halogens is 2. The summed E-state index contributed by atoms with van der Waals surface area (Å²) in [6.45, 7) is 2.42. The Kier molecular flexibility index (Phi) is 4.59. The fourth-order valence-electron chi connectivity index (χ4n) is 2.67. The Labute approximate surface area is 144 Å². The van der Waals surface area contributed by atoms with Crippen molar-refractivity contribution < 1.29 is 14.7 Å². The van der Waals surface area contributed by atoms with Crippen LogP contribution in [0.3, 0.4) is 0 Å². The van der Waals surface area contributed by atoms with Gasteiger partial charge in [-0.05, 0) is 24.3 Å². The summed E-state index contributed by atoms with van der Waals surface area (Å²) >= 11 is 11.9. The summed E-state index contributed by atoms with van der Waals surface area (Å²) in [6.07, 6.45) is 1.58. The van der Waals surface area contributed by atoms with Crippen LogP contribution < -0.4 is 9.63 Å². The smallest absolute Gasteiger partial charge is 0.316 e. The highest BCUT2D eigenvalue weighted by atomic mass is 35.5. The molecule has 1 fully saturated rings. The van der Waals surface area contributed by atoms with Crippen LogP contribution >= 0.6 is 23.2 Å². The van der Waals surface area contributed by atoms with Crippen molar-refractivity contribution in [1.82, 2.24) is 4.90 Å². The molecule has 0 bridgehead atoms. The second-order valence-electron chi connectivity index (χ2n) is 5.34. The van der Waals surface area contributed by atoms with Gasteiger partial charge in [0.2, 0.25) is 0 Å². The van der Waals surface area contributed by atoms with Crippen molar-refractivity contribution in [2.45, 2.75) is 0 Å². The fraction of sp³-hybridized carbons (Fsp3) is 0.250. The normalized spacial score (nSPS) is 14.9. The molecule has 23 heavy (non-hydrogen) atoms. The lowest BCUT2D eigenvalue weighted by Crippen LogP contribution is -2.52. The third-order valence-electron chi connectivity index (χ3n) is 3.82. The zero-order valence-electron chi connectivity index (χ0n) is 12.3. The minimum absolute atomic E-state index is 0.0843. The van der Waals surface area contributed by atoms with E-state index in [-0.39, 0.29) is 5.91 Å². The molecule has 0 spiro atoms. The Bertz CT molecular complexity index is 711. The lowest BCUT2D eigenvalue weighted by Gasteiger charge is -2.31. The molecule has 7 heteroatoms. The van der Waals surface area contributed by atoms with Gasteiger partial charge in [0.15, 0.2) is 0 Å². The molecule has 2 heterocycles. The number of hydrogen-bond donors (Lipinski definition) is 1. The number of hydrogen-bond acceptors (Lipinski definition) is 3. The van der Waals surface area contributed by atoms with Crippen LogP contribution in [0, 0.1) is 0 Å². The zero-order valence-corrected chi connectivity index (χ0v) is 13.8. The number of carbonyl (C=O) groups excluding carboxylic acids is 1. The van der Waals surface area contributed by atoms with Crippen molar-refractivity contribution in [2.24, 2.45) is 0 Å². The number of benzene rings is 1. The van der Waals surface area contributed by atoms with Crippen LogP contribution in [0.4, 0.5) is 5.82 Å². The summed E-state index contributed by atoms with van der Waals surface area (Å²) in [4.78, 5) is 16.4. The first-order valence-corrected chi connectivity index (χ1v) is 8.00. The highest BCUT2D eigenvalue weighted by molar-refractivity contribution is 6.35. The van der Waals surface area contributed by atoms with Crippen molar-refractivity contribution in [3.05, 3.63) is 58.2 Å². The van der Waals surface area contributed by atoms with Gasteiger partial charge in [0.05, 0.1) is 13.1 Å². The number of piperazine rings is 1. The molecule has 0 saturated carbocycles. The van der Waals surface area contributed by atoms with Gasteiger partial charge >= 0.3 is 5.82 Å². The van der Waals surface area contributed by atoms with Crippen LogP contribution in [0.5, 0.6) is 0 Å². The Morgan fingerprint density at radius 3 is 2.30 bits per heavy atom. The molecule has 120 valence electrons. The molecule has 1 aliphatic heterocycles. The Hall–Kier alpha value is -1.98. The minimum Gasteiger partial charge on any atom is -0.350 e. The standard InChI is InChI=1S/C16H16Cl2N3O2/c17-13-9-12(10-14(18)11-13)16(22)20-7-5-19(6-8-20)15-3-1-2-4-21(15)23/h1-4,9-11,23H,5-8H2/q+1. The average Bonchev–Trinajstić information content (AvgIpc) is 2.54. The summed E-state index contributed by atoms with van der Waals surface area (Å²) in [5.41, 5.74) is 0.493. The highest BCUT2D eigenvalue weighted by Crippen LogP contribution is 2.21. The van der Waals surface area contributed by atoms with Gasteiger partial charge in [-0.2, -0.15) is 0 Å². The summed E-state index contributed by atoms with van der Waals surface area (Å²) in [5, 5.41) is 10.7.